The highest BCUT2D eigenvalue weighted by Gasteiger charge is 2.09. The van der Waals surface area contributed by atoms with Gasteiger partial charge in [0.2, 0.25) is 0 Å². The highest BCUT2D eigenvalue weighted by Crippen LogP contribution is 2.09. The molecule has 5 heteroatoms. The van der Waals surface area contributed by atoms with Crippen LogP contribution >= 0.6 is 11.8 Å². The Balaban J connectivity index is 1.72. The van der Waals surface area contributed by atoms with Crippen LogP contribution in [0.2, 0.25) is 0 Å². The molecule has 1 aliphatic rings. The largest absolute Gasteiger partial charge is 0.337 e. The van der Waals surface area contributed by atoms with Gasteiger partial charge in [-0.1, -0.05) is 36.0 Å². The molecule has 18 heavy (non-hydrogen) atoms. The van der Waals surface area contributed by atoms with E-state index < -0.39 is 0 Å². The fourth-order valence-corrected chi connectivity index (χ4v) is 2.48. The SMILES string of the molecule is Cc1ccccc1CCNC(=O)NC1=NCCS1. The van der Waals surface area contributed by atoms with Crippen LogP contribution in [0, 0.1) is 6.92 Å². The second kappa shape index (κ2) is 6.44. The molecule has 0 aliphatic carbocycles. The summed E-state index contributed by atoms with van der Waals surface area (Å²) in [6, 6.07) is 8.04. The predicted molar refractivity (Wildman–Crippen MR) is 76.2 cm³/mol. The number of thioether (sulfide) groups is 1. The van der Waals surface area contributed by atoms with E-state index in [0.29, 0.717) is 6.54 Å². The summed E-state index contributed by atoms with van der Waals surface area (Å²) in [4.78, 5) is 15.7. The van der Waals surface area contributed by atoms with Crippen LogP contribution in [0.1, 0.15) is 11.1 Å². The van der Waals surface area contributed by atoms with Gasteiger partial charge >= 0.3 is 6.03 Å². The number of benzene rings is 1. The Bertz CT molecular complexity index is 459. The average Bonchev–Trinajstić information content (AvgIpc) is 2.84. The second-order valence-corrected chi connectivity index (χ2v) is 5.18. The lowest BCUT2D eigenvalue weighted by molar-refractivity contribution is 0.245. The fraction of sp³-hybridized carbons (Fsp3) is 0.385. The number of hydrogen-bond acceptors (Lipinski definition) is 3. The second-order valence-electron chi connectivity index (χ2n) is 4.09. The number of nitrogens with one attached hydrogen (secondary N) is 2. The molecule has 2 N–H and O–H groups in total. The van der Waals surface area contributed by atoms with Crippen molar-refractivity contribution in [2.75, 3.05) is 18.8 Å². The molecule has 96 valence electrons. The van der Waals surface area contributed by atoms with Crippen molar-refractivity contribution in [2.45, 2.75) is 13.3 Å². The quantitative estimate of drug-likeness (QED) is 0.875. The molecule has 0 saturated carbocycles. The Kier molecular flexibility index (Phi) is 4.64. The highest BCUT2D eigenvalue weighted by molar-refractivity contribution is 8.14. The number of aliphatic imine (C=N–C) groups is 1. The van der Waals surface area contributed by atoms with E-state index in [9.17, 15) is 4.79 Å². The van der Waals surface area contributed by atoms with E-state index in [1.807, 2.05) is 12.1 Å². The van der Waals surface area contributed by atoms with Crippen LogP contribution in [-0.2, 0) is 6.42 Å². The number of carbonyl (C=O) groups excluding carboxylic acids is 1. The fourth-order valence-electron chi connectivity index (χ4n) is 1.75. The van der Waals surface area contributed by atoms with Gasteiger partial charge in [-0.15, -0.1) is 0 Å². The Morgan fingerprint density at radius 1 is 1.44 bits per heavy atom. The zero-order valence-electron chi connectivity index (χ0n) is 10.4. The third-order valence-corrected chi connectivity index (χ3v) is 3.64. The summed E-state index contributed by atoms with van der Waals surface area (Å²) in [5.41, 5.74) is 2.53. The molecule has 0 fully saturated rings. The Hall–Kier alpha value is -1.49. The topological polar surface area (TPSA) is 53.5 Å². The molecule has 4 nitrogen and oxygen atoms in total. The molecule has 0 aromatic heterocycles. The Morgan fingerprint density at radius 3 is 3.00 bits per heavy atom. The molecule has 1 aromatic rings. The van der Waals surface area contributed by atoms with Gasteiger partial charge in [0.05, 0.1) is 6.54 Å². The van der Waals surface area contributed by atoms with Gasteiger partial charge in [0, 0.05) is 12.3 Å². The van der Waals surface area contributed by atoms with Crippen molar-refractivity contribution >= 4 is 23.0 Å². The first-order valence-corrected chi connectivity index (χ1v) is 7.01. The summed E-state index contributed by atoms with van der Waals surface area (Å²) in [7, 11) is 0. The third-order valence-electron chi connectivity index (χ3n) is 2.75. The van der Waals surface area contributed by atoms with E-state index in [0.717, 1.165) is 23.9 Å². The lowest BCUT2D eigenvalue weighted by Gasteiger charge is -2.08. The molecule has 1 heterocycles. The summed E-state index contributed by atoms with van der Waals surface area (Å²) in [6.45, 7) is 3.51. The molecule has 2 rings (SSSR count). The van der Waals surface area contributed by atoms with Crippen molar-refractivity contribution in [1.82, 2.24) is 10.6 Å². The van der Waals surface area contributed by atoms with Gasteiger partial charge in [0.25, 0.3) is 0 Å². The van der Waals surface area contributed by atoms with Crippen LogP contribution in [0.25, 0.3) is 0 Å². The molecule has 2 amide bonds. The first kappa shape index (κ1) is 13.0. The van der Waals surface area contributed by atoms with Crippen LogP contribution < -0.4 is 10.6 Å². The van der Waals surface area contributed by atoms with Gasteiger partial charge in [-0.25, -0.2) is 4.79 Å². The maximum absolute atomic E-state index is 11.6. The number of rotatable bonds is 3. The van der Waals surface area contributed by atoms with E-state index in [2.05, 4.69) is 34.7 Å². The monoisotopic (exact) mass is 263 g/mol. The van der Waals surface area contributed by atoms with Crippen molar-refractivity contribution < 1.29 is 4.79 Å². The first-order valence-electron chi connectivity index (χ1n) is 6.02. The smallest absolute Gasteiger partial charge is 0.320 e. The normalized spacial score (nSPS) is 14.2. The number of amidine groups is 1. The predicted octanol–water partition coefficient (Wildman–Crippen LogP) is 1.94. The number of nitrogens with zero attached hydrogens (tertiary/aromatic N) is 1. The van der Waals surface area contributed by atoms with Gasteiger partial charge in [-0.05, 0) is 24.5 Å². The van der Waals surface area contributed by atoms with Gasteiger partial charge in [-0.2, -0.15) is 0 Å². The lowest BCUT2D eigenvalue weighted by Crippen LogP contribution is -2.38. The van der Waals surface area contributed by atoms with Gasteiger partial charge in [0.15, 0.2) is 5.17 Å². The molecule has 1 aromatic carbocycles. The minimum atomic E-state index is -0.170. The maximum atomic E-state index is 11.6. The first-order chi connectivity index (χ1) is 8.75. The van der Waals surface area contributed by atoms with Crippen LogP contribution in [0.5, 0.6) is 0 Å². The molecule has 1 aliphatic heterocycles. The highest BCUT2D eigenvalue weighted by atomic mass is 32.2. The molecule has 0 bridgehead atoms. The van der Waals surface area contributed by atoms with Crippen LogP contribution in [-0.4, -0.2) is 30.0 Å². The third kappa shape index (κ3) is 3.77. The molecule has 0 spiro atoms. The summed E-state index contributed by atoms with van der Waals surface area (Å²) in [6.07, 6.45) is 0.847. The van der Waals surface area contributed by atoms with Gasteiger partial charge in [0.1, 0.15) is 0 Å². The van der Waals surface area contributed by atoms with E-state index in [4.69, 9.17) is 0 Å². The van der Waals surface area contributed by atoms with Crippen molar-refractivity contribution in [3.05, 3.63) is 35.4 Å². The minimum absolute atomic E-state index is 0.170. The van der Waals surface area contributed by atoms with Crippen molar-refractivity contribution in [3.63, 3.8) is 0 Å². The summed E-state index contributed by atoms with van der Waals surface area (Å²) in [5.74, 6) is 0.957. The number of hydrogen-bond donors (Lipinski definition) is 2. The Labute approximate surface area is 111 Å². The van der Waals surface area contributed by atoms with E-state index in [-0.39, 0.29) is 6.03 Å². The van der Waals surface area contributed by atoms with E-state index >= 15 is 0 Å². The molecule has 0 unspecified atom stereocenters. The molecule has 0 radical (unpaired) electrons. The Morgan fingerprint density at radius 2 is 2.28 bits per heavy atom. The van der Waals surface area contributed by atoms with E-state index in [1.165, 1.54) is 11.1 Å². The molecule has 0 atom stereocenters. The van der Waals surface area contributed by atoms with Crippen LogP contribution in [0.3, 0.4) is 0 Å². The number of aryl methyl sites for hydroxylation is 1. The minimum Gasteiger partial charge on any atom is -0.337 e. The zero-order valence-corrected chi connectivity index (χ0v) is 11.2. The average molecular weight is 263 g/mol. The van der Waals surface area contributed by atoms with Crippen molar-refractivity contribution in [2.24, 2.45) is 4.99 Å². The van der Waals surface area contributed by atoms with Gasteiger partial charge in [-0.3, -0.25) is 10.3 Å². The van der Waals surface area contributed by atoms with Crippen molar-refractivity contribution in [3.8, 4) is 0 Å². The van der Waals surface area contributed by atoms with Gasteiger partial charge < -0.3 is 5.32 Å². The van der Waals surface area contributed by atoms with Crippen LogP contribution in [0.15, 0.2) is 29.3 Å². The molecular weight excluding hydrogens is 246 g/mol. The van der Waals surface area contributed by atoms with Crippen LogP contribution in [0.4, 0.5) is 4.79 Å². The maximum Gasteiger partial charge on any atom is 0.320 e. The molecule has 0 saturated heterocycles. The van der Waals surface area contributed by atoms with Crippen molar-refractivity contribution in [1.29, 1.82) is 0 Å². The number of carbonyl (C=O) groups is 1. The number of amides is 2. The number of urea groups is 1. The standard InChI is InChI=1S/C13H17N3OS/c1-10-4-2-3-5-11(10)6-7-14-12(17)16-13-15-8-9-18-13/h2-5H,6-9H2,1H3,(H2,14,15,16,17). The summed E-state index contributed by atoms with van der Waals surface area (Å²) in [5, 5.41) is 6.31. The zero-order chi connectivity index (χ0) is 12.8. The summed E-state index contributed by atoms with van der Waals surface area (Å²) >= 11 is 1.58. The summed E-state index contributed by atoms with van der Waals surface area (Å²) < 4.78 is 0. The molecular formula is C13H17N3OS. The lowest BCUT2D eigenvalue weighted by atomic mass is 10.1. The van der Waals surface area contributed by atoms with E-state index in [1.54, 1.807) is 11.8 Å².